The highest BCUT2D eigenvalue weighted by Gasteiger charge is 2.30. The van der Waals surface area contributed by atoms with Gasteiger partial charge in [-0.05, 0) is 60.2 Å². The van der Waals surface area contributed by atoms with Crippen molar-refractivity contribution < 1.29 is 13.2 Å². The summed E-state index contributed by atoms with van der Waals surface area (Å²) < 4.78 is 27.5. The number of aryl methyl sites for hydroxylation is 2. The summed E-state index contributed by atoms with van der Waals surface area (Å²) in [7, 11) is -3.56. The largest absolute Gasteiger partial charge is 0.336 e. The van der Waals surface area contributed by atoms with Crippen LogP contribution in [-0.4, -0.2) is 49.7 Å². The lowest BCUT2D eigenvalue weighted by Crippen LogP contribution is -2.50. The average Bonchev–Trinajstić information content (AvgIpc) is 2.69. The molecule has 1 saturated heterocycles. The molecule has 6 heteroatoms. The number of benzene rings is 2. The minimum absolute atomic E-state index is 0.0252. The molecule has 2 aromatic carbocycles. The number of amides is 1. The second-order valence-electron chi connectivity index (χ2n) is 8.77. The molecule has 156 valence electrons. The average molecular weight is 415 g/mol. The van der Waals surface area contributed by atoms with E-state index in [0.29, 0.717) is 36.6 Å². The maximum absolute atomic E-state index is 13.0. The molecular formula is C23H30N2O3S. The zero-order valence-corrected chi connectivity index (χ0v) is 18.7. The minimum atomic E-state index is -3.56. The van der Waals surface area contributed by atoms with Crippen molar-refractivity contribution in [3.05, 3.63) is 64.7 Å². The summed E-state index contributed by atoms with van der Waals surface area (Å²) in [5.41, 5.74) is 3.95. The summed E-state index contributed by atoms with van der Waals surface area (Å²) in [4.78, 5) is 14.8. The molecule has 0 radical (unpaired) electrons. The second kappa shape index (κ2) is 7.92. The molecule has 1 aliphatic heterocycles. The number of hydrogen-bond acceptors (Lipinski definition) is 3. The number of carbonyl (C=O) groups is 1. The van der Waals surface area contributed by atoms with Gasteiger partial charge in [0.1, 0.15) is 0 Å². The Hall–Kier alpha value is -2.18. The zero-order valence-electron chi connectivity index (χ0n) is 17.9. The smallest absolute Gasteiger partial charge is 0.253 e. The van der Waals surface area contributed by atoms with E-state index in [9.17, 15) is 13.2 Å². The Morgan fingerprint density at radius 2 is 1.45 bits per heavy atom. The SMILES string of the molecule is Cc1ccc(C(=O)N2CCN(S(=O)(=O)c3ccc(C(C)(C)C)cc3)CC2)cc1C. The van der Waals surface area contributed by atoms with Crippen molar-refractivity contribution in [2.75, 3.05) is 26.2 Å². The Morgan fingerprint density at radius 1 is 0.862 bits per heavy atom. The molecule has 3 rings (SSSR count). The van der Waals surface area contributed by atoms with Crippen molar-refractivity contribution in [1.82, 2.24) is 9.21 Å². The van der Waals surface area contributed by atoms with Crippen LogP contribution in [0.5, 0.6) is 0 Å². The lowest BCUT2D eigenvalue weighted by atomic mass is 9.87. The summed E-state index contributed by atoms with van der Waals surface area (Å²) in [6, 6.07) is 12.8. The van der Waals surface area contributed by atoms with Crippen molar-refractivity contribution in [3.63, 3.8) is 0 Å². The molecule has 0 atom stereocenters. The van der Waals surface area contributed by atoms with Gasteiger partial charge in [-0.25, -0.2) is 8.42 Å². The number of carbonyl (C=O) groups excluding carboxylic acids is 1. The standard InChI is InChI=1S/C23H30N2O3S/c1-17-6-7-19(16-18(17)2)22(26)24-12-14-25(15-13-24)29(27,28)21-10-8-20(9-11-21)23(3,4)5/h6-11,16H,12-15H2,1-5H3. The Labute approximate surface area is 174 Å². The van der Waals surface area contributed by atoms with Crippen LogP contribution >= 0.6 is 0 Å². The molecule has 0 bridgehead atoms. The molecule has 0 aliphatic carbocycles. The summed E-state index contributed by atoms with van der Waals surface area (Å²) >= 11 is 0. The van der Waals surface area contributed by atoms with Crippen molar-refractivity contribution >= 4 is 15.9 Å². The van der Waals surface area contributed by atoms with E-state index in [-0.39, 0.29) is 11.3 Å². The van der Waals surface area contributed by atoms with Gasteiger partial charge >= 0.3 is 0 Å². The number of sulfonamides is 1. The van der Waals surface area contributed by atoms with Gasteiger partial charge in [-0.3, -0.25) is 4.79 Å². The molecule has 1 heterocycles. The summed E-state index contributed by atoms with van der Waals surface area (Å²) in [5, 5.41) is 0. The molecule has 29 heavy (non-hydrogen) atoms. The molecule has 2 aromatic rings. The highest BCUT2D eigenvalue weighted by molar-refractivity contribution is 7.89. The molecule has 0 unspecified atom stereocenters. The predicted molar refractivity (Wildman–Crippen MR) is 116 cm³/mol. The quantitative estimate of drug-likeness (QED) is 0.769. The lowest BCUT2D eigenvalue weighted by Gasteiger charge is -2.34. The summed E-state index contributed by atoms with van der Waals surface area (Å²) in [6.07, 6.45) is 0. The van der Waals surface area contributed by atoms with E-state index in [0.717, 1.165) is 16.7 Å². The molecule has 0 N–H and O–H groups in total. The first-order valence-electron chi connectivity index (χ1n) is 9.97. The molecule has 0 aromatic heterocycles. The zero-order chi connectivity index (χ0) is 21.4. The monoisotopic (exact) mass is 414 g/mol. The molecular weight excluding hydrogens is 384 g/mol. The van der Waals surface area contributed by atoms with Gasteiger partial charge in [-0.1, -0.05) is 39.0 Å². The molecule has 0 saturated carbocycles. The van der Waals surface area contributed by atoms with Crippen LogP contribution in [0.1, 0.15) is 47.8 Å². The van der Waals surface area contributed by atoms with Crippen LogP contribution in [-0.2, 0) is 15.4 Å². The van der Waals surface area contributed by atoms with E-state index in [1.807, 2.05) is 44.2 Å². The fraction of sp³-hybridized carbons (Fsp3) is 0.435. The number of hydrogen-bond donors (Lipinski definition) is 0. The maximum Gasteiger partial charge on any atom is 0.253 e. The van der Waals surface area contributed by atoms with Crippen LogP contribution in [0.2, 0.25) is 0 Å². The first-order chi connectivity index (χ1) is 13.5. The molecule has 5 nitrogen and oxygen atoms in total. The third-order valence-corrected chi connectivity index (χ3v) is 7.55. The normalized spacial score (nSPS) is 16.1. The Morgan fingerprint density at radius 3 is 1.97 bits per heavy atom. The lowest BCUT2D eigenvalue weighted by molar-refractivity contribution is 0.0698. The van der Waals surface area contributed by atoms with Gasteiger partial charge in [0.15, 0.2) is 0 Å². The maximum atomic E-state index is 13.0. The fourth-order valence-electron chi connectivity index (χ4n) is 3.46. The number of nitrogens with zero attached hydrogens (tertiary/aromatic N) is 2. The second-order valence-corrected chi connectivity index (χ2v) is 10.7. The highest BCUT2D eigenvalue weighted by atomic mass is 32.2. The molecule has 1 aliphatic rings. The van der Waals surface area contributed by atoms with Gasteiger partial charge in [-0.2, -0.15) is 4.31 Å². The van der Waals surface area contributed by atoms with E-state index in [1.54, 1.807) is 17.0 Å². The van der Waals surface area contributed by atoms with Crippen LogP contribution in [0.4, 0.5) is 0 Å². The number of piperazine rings is 1. The van der Waals surface area contributed by atoms with Crippen molar-refractivity contribution in [2.45, 2.75) is 44.9 Å². The van der Waals surface area contributed by atoms with E-state index < -0.39 is 10.0 Å². The van der Waals surface area contributed by atoms with Crippen molar-refractivity contribution in [2.24, 2.45) is 0 Å². The van der Waals surface area contributed by atoms with Crippen LogP contribution < -0.4 is 0 Å². The predicted octanol–water partition coefficient (Wildman–Crippen LogP) is 3.75. The van der Waals surface area contributed by atoms with E-state index in [4.69, 9.17) is 0 Å². The van der Waals surface area contributed by atoms with Crippen LogP contribution in [0.25, 0.3) is 0 Å². The van der Waals surface area contributed by atoms with Crippen molar-refractivity contribution in [1.29, 1.82) is 0 Å². The van der Waals surface area contributed by atoms with Gasteiger partial charge in [0.25, 0.3) is 5.91 Å². The highest BCUT2D eigenvalue weighted by Crippen LogP contribution is 2.25. The fourth-order valence-corrected chi connectivity index (χ4v) is 4.89. The van der Waals surface area contributed by atoms with E-state index in [1.165, 1.54) is 4.31 Å². The van der Waals surface area contributed by atoms with Gasteiger partial charge in [0.05, 0.1) is 4.90 Å². The van der Waals surface area contributed by atoms with Crippen LogP contribution in [0.15, 0.2) is 47.4 Å². The molecule has 1 amide bonds. The Bertz CT molecular complexity index is 997. The van der Waals surface area contributed by atoms with Gasteiger partial charge in [-0.15, -0.1) is 0 Å². The van der Waals surface area contributed by atoms with E-state index >= 15 is 0 Å². The third-order valence-electron chi connectivity index (χ3n) is 5.64. The van der Waals surface area contributed by atoms with Crippen LogP contribution in [0.3, 0.4) is 0 Å². The summed E-state index contributed by atoms with van der Waals surface area (Å²) in [5.74, 6) is -0.0420. The van der Waals surface area contributed by atoms with Crippen LogP contribution in [0, 0.1) is 13.8 Å². The van der Waals surface area contributed by atoms with Gasteiger partial charge < -0.3 is 4.90 Å². The Kier molecular flexibility index (Phi) is 5.88. The molecule has 0 spiro atoms. The minimum Gasteiger partial charge on any atom is -0.336 e. The van der Waals surface area contributed by atoms with Gasteiger partial charge in [0.2, 0.25) is 10.0 Å². The summed E-state index contributed by atoms with van der Waals surface area (Å²) in [6.45, 7) is 11.7. The first kappa shape index (κ1) is 21.5. The number of rotatable bonds is 3. The third kappa shape index (κ3) is 4.54. The Balaban J connectivity index is 1.69. The topological polar surface area (TPSA) is 57.7 Å². The molecule has 1 fully saturated rings. The first-order valence-corrected chi connectivity index (χ1v) is 11.4. The van der Waals surface area contributed by atoms with E-state index in [2.05, 4.69) is 20.8 Å². The van der Waals surface area contributed by atoms with Crippen molar-refractivity contribution in [3.8, 4) is 0 Å². The van der Waals surface area contributed by atoms with Gasteiger partial charge in [0, 0.05) is 31.7 Å².